The fourth-order valence-electron chi connectivity index (χ4n) is 3.06. The summed E-state index contributed by atoms with van der Waals surface area (Å²) in [6.45, 7) is 5.56. The number of hydrogen-bond donors (Lipinski definition) is 1. The lowest BCUT2D eigenvalue weighted by molar-refractivity contribution is 0.0742. The van der Waals surface area contributed by atoms with E-state index in [0.717, 1.165) is 44.1 Å². The van der Waals surface area contributed by atoms with E-state index in [4.69, 9.17) is 14.6 Å². The molecule has 2 aliphatic heterocycles. The summed E-state index contributed by atoms with van der Waals surface area (Å²) in [5, 5.41) is 9.17. The van der Waals surface area contributed by atoms with Crippen LogP contribution in [0.15, 0.2) is 18.2 Å². The summed E-state index contributed by atoms with van der Waals surface area (Å²) in [6.07, 6.45) is 0.841. The van der Waals surface area contributed by atoms with Gasteiger partial charge in [0.1, 0.15) is 13.2 Å². The molecule has 0 bridgehead atoms. The minimum Gasteiger partial charge on any atom is -0.486 e. The van der Waals surface area contributed by atoms with E-state index in [1.165, 1.54) is 5.56 Å². The molecule has 0 radical (unpaired) electrons. The van der Waals surface area contributed by atoms with Crippen LogP contribution >= 0.6 is 0 Å². The van der Waals surface area contributed by atoms with Gasteiger partial charge in [-0.1, -0.05) is 6.07 Å². The van der Waals surface area contributed by atoms with Crippen LogP contribution in [0.2, 0.25) is 0 Å². The van der Waals surface area contributed by atoms with Gasteiger partial charge in [0, 0.05) is 38.8 Å². The maximum absolute atomic E-state index is 9.17. The minimum atomic E-state index is 0.257. The van der Waals surface area contributed by atoms with Gasteiger partial charge in [-0.15, -0.1) is 0 Å². The molecule has 116 valence electrons. The number of hydrogen-bond acceptors (Lipinski definition) is 5. The number of benzene rings is 1. The molecule has 0 saturated carbocycles. The maximum atomic E-state index is 9.17. The Hall–Kier alpha value is -1.30. The van der Waals surface area contributed by atoms with Crippen LogP contribution < -0.4 is 9.47 Å². The molecular formula is C16H24N2O3. The Kier molecular flexibility index (Phi) is 4.63. The molecule has 3 rings (SSSR count). The fraction of sp³-hybridized carbons (Fsp3) is 0.625. The Bertz CT molecular complexity index is 481. The first-order valence-electron chi connectivity index (χ1n) is 7.68. The van der Waals surface area contributed by atoms with E-state index >= 15 is 0 Å². The molecule has 5 heteroatoms. The number of rotatable bonds is 4. The zero-order valence-electron chi connectivity index (χ0n) is 12.6. The van der Waals surface area contributed by atoms with Gasteiger partial charge in [-0.05, 0) is 31.2 Å². The van der Waals surface area contributed by atoms with Crippen molar-refractivity contribution in [2.45, 2.75) is 19.0 Å². The van der Waals surface area contributed by atoms with Crippen molar-refractivity contribution in [3.05, 3.63) is 23.8 Å². The monoisotopic (exact) mass is 292 g/mol. The number of likely N-dealkylation sites (N-methyl/N-ethyl adjacent to an activating group) is 1. The second kappa shape index (κ2) is 6.64. The Balaban J connectivity index is 1.63. The summed E-state index contributed by atoms with van der Waals surface area (Å²) >= 11 is 0. The van der Waals surface area contributed by atoms with Gasteiger partial charge in [0.25, 0.3) is 0 Å². The van der Waals surface area contributed by atoms with E-state index in [0.29, 0.717) is 19.3 Å². The van der Waals surface area contributed by atoms with Crippen molar-refractivity contribution in [3.8, 4) is 11.5 Å². The number of piperazine rings is 1. The summed E-state index contributed by atoms with van der Waals surface area (Å²) < 4.78 is 11.2. The molecule has 0 unspecified atom stereocenters. The van der Waals surface area contributed by atoms with Crippen molar-refractivity contribution >= 4 is 0 Å². The van der Waals surface area contributed by atoms with Crippen LogP contribution in [0, 0.1) is 0 Å². The van der Waals surface area contributed by atoms with Crippen molar-refractivity contribution in [2.24, 2.45) is 0 Å². The molecule has 0 spiro atoms. The molecule has 21 heavy (non-hydrogen) atoms. The highest BCUT2D eigenvalue weighted by Crippen LogP contribution is 2.31. The number of aliphatic hydroxyl groups is 1. The van der Waals surface area contributed by atoms with Crippen LogP contribution in [0.1, 0.15) is 12.0 Å². The third-order valence-corrected chi connectivity index (χ3v) is 4.34. The van der Waals surface area contributed by atoms with Crippen LogP contribution in [-0.4, -0.2) is 67.5 Å². The normalized spacial score (nSPS) is 23.2. The van der Waals surface area contributed by atoms with Crippen molar-refractivity contribution < 1.29 is 14.6 Å². The number of ether oxygens (including phenoxy) is 2. The van der Waals surface area contributed by atoms with E-state index in [1.54, 1.807) is 0 Å². The van der Waals surface area contributed by atoms with Crippen molar-refractivity contribution in [1.82, 2.24) is 9.80 Å². The van der Waals surface area contributed by atoms with E-state index in [1.807, 2.05) is 6.07 Å². The summed E-state index contributed by atoms with van der Waals surface area (Å²) in [6, 6.07) is 6.66. The average molecular weight is 292 g/mol. The Morgan fingerprint density at radius 2 is 2.00 bits per heavy atom. The fourth-order valence-corrected chi connectivity index (χ4v) is 3.06. The Morgan fingerprint density at radius 1 is 1.19 bits per heavy atom. The van der Waals surface area contributed by atoms with Gasteiger partial charge in [-0.25, -0.2) is 0 Å². The molecule has 1 aromatic carbocycles. The zero-order valence-corrected chi connectivity index (χ0v) is 12.6. The van der Waals surface area contributed by atoms with Crippen LogP contribution in [0.5, 0.6) is 11.5 Å². The Morgan fingerprint density at radius 3 is 2.81 bits per heavy atom. The summed E-state index contributed by atoms with van der Waals surface area (Å²) in [7, 11) is 2.14. The van der Waals surface area contributed by atoms with Gasteiger partial charge in [-0.2, -0.15) is 0 Å². The zero-order chi connectivity index (χ0) is 14.7. The second-order valence-electron chi connectivity index (χ2n) is 5.86. The van der Waals surface area contributed by atoms with Gasteiger partial charge in [0.15, 0.2) is 11.5 Å². The molecule has 5 nitrogen and oxygen atoms in total. The van der Waals surface area contributed by atoms with Crippen LogP contribution in [0.4, 0.5) is 0 Å². The van der Waals surface area contributed by atoms with Crippen LogP contribution in [0.25, 0.3) is 0 Å². The molecule has 0 amide bonds. The summed E-state index contributed by atoms with van der Waals surface area (Å²) in [4.78, 5) is 4.79. The maximum Gasteiger partial charge on any atom is 0.161 e. The second-order valence-corrected chi connectivity index (χ2v) is 5.86. The molecule has 1 aromatic rings. The van der Waals surface area contributed by atoms with Crippen molar-refractivity contribution in [2.75, 3.05) is 46.5 Å². The molecule has 0 aromatic heterocycles. The molecule has 2 aliphatic rings. The standard InChI is InChI=1S/C16H24N2O3/c1-17-5-6-18(12-14(17)4-7-19)11-13-2-3-15-16(10-13)21-9-8-20-15/h2-3,10,14,19H,4-9,11-12H2,1H3/t14-/m1/s1. The molecule has 0 aliphatic carbocycles. The van der Waals surface area contributed by atoms with E-state index < -0.39 is 0 Å². The average Bonchev–Trinajstić information content (AvgIpc) is 2.51. The topological polar surface area (TPSA) is 45.2 Å². The number of aliphatic hydroxyl groups excluding tert-OH is 1. The lowest BCUT2D eigenvalue weighted by atomic mass is 10.1. The van der Waals surface area contributed by atoms with Gasteiger partial charge in [0.05, 0.1) is 0 Å². The van der Waals surface area contributed by atoms with Gasteiger partial charge >= 0.3 is 0 Å². The number of nitrogens with zero attached hydrogens (tertiary/aromatic N) is 2. The summed E-state index contributed by atoms with van der Waals surface area (Å²) in [5.74, 6) is 1.71. The largest absolute Gasteiger partial charge is 0.486 e. The minimum absolute atomic E-state index is 0.257. The van der Waals surface area contributed by atoms with E-state index in [2.05, 4.69) is 29.0 Å². The van der Waals surface area contributed by atoms with Crippen LogP contribution in [0.3, 0.4) is 0 Å². The van der Waals surface area contributed by atoms with Gasteiger partial charge < -0.3 is 19.5 Å². The summed E-state index contributed by atoms with van der Waals surface area (Å²) in [5.41, 5.74) is 1.26. The Labute approximate surface area is 126 Å². The predicted molar refractivity (Wildman–Crippen MR) is 80.8 cm³/mol. The molecule has 2 heterocycles. The lowest BCUT2D eigenvalue weighted by Crippen LogP contribution is -2.51. The first kappa shape index (κ1) is 14.6. The molecule has 1 atom stereocenters. The quantitative estimate of drug-likeness (QED) is 0.895. The van der Waals surface area contributed by atoms with E-state index in [9.17, 15) is 0 Å². The third kappa shape index (κ3) is 3.48. The van der Waals surface area contributed by atoms with Crippen molar-refractivity contribution in [1.29, 1.82) is 0 Å². The third-order valence-electron chi connectivity index (χ3n) is 4.34. The lowest BCUT2D eigenvalue weighted by Gasteiger charge is -2.39. The highest BCUT2D eigenvalue weighted by molar-refractivity contribution is 5.43. The predicted octanol–water partition coefficient (Wildman–Crippen LogP) is 0.956. The van der Waals surface area contributed by atoms with Gasteiger partial charge in [-0.3, -0.25) is 4.90 Å². The molecule has 1 fully saturated rings. The molecule has 1 saturated heterocycles. The highest BCUT2D eigenvalue weighted by atomic mass is 16.6. The highest BCUT2D eigenvalue weighted by Gasteiger charge is 2.24. The smallest absolute Gasteiger partial charge is 0.161 e. The molecule has 1 N–H and O–H groups in total. The SMILES string of the molecule is CN1CCN(Cc2ccc3c(c2)OCCO3)C[C@H]1CCO. The number of fused-ring (bicyclic) bond motifs is 1. The van der Waals surface area contributed by atoms with Gasteiger partial charge in [0.2, 0.25) is 0 Å². The van der Waals surface area contributed by atoms with Crippen molar-refractivity contribution in [3.63, 3.8) is 0 Å². The first-order chi connectivity index (χ1) is 10.3. The molecular weight excluding hydrogens is 268 g/mol. The van der Waals surface area contributed by atoms with E-state index in [-0.39, 0.29) is 6.61 Å². The first-order valence-corrected chi connectivity index (χ1v) is 7.68. The van der Waals surface area contributed by atoms with Crippen LogP contribution in [-0.2, 0) is 6.54 Å².